The number of nitrogens with zero attached hydrogens (tertiary/aromatic N) is 1. The van der Waals surface area contributed by atoms with E-state index in [1.54, 1.807) is 11.3 Å². The summed E-state index contributed by atoms with van der Waals surface area (Å²) in [5, 5.41) is 2.10. The zero-order valence-electron chi connectivity index (χ0n) is 11.0. The summed E-state index contributed by atoms with van der Waals surface area (Å²) < 4.78 is 6.50. The molecule has 4 heteroatoms. The van der Waals surface area contributed by atoms with E-state index in [-0.39, 0.29) is 5.60 Å². The molecule has 0 fully saturated rings. The van der Waals surface area contributed by atoms with Gasteiger partial charge in [-0.05, 0) is 32.0 Å². The van der Waals surface area contributed by atoms with Crippen LogP contribution in [0.2, 0.25) is 18.1 Å². The van der Waals surface area contributed by atoms with Crippen LogP contribution in [-0.2, 0) is 10.0 Å². The molecule has 92 valence electrons. The van der Waals surface area contributed by atoms with E-state index >= 15 is 0 Å². The van der Waals surface area contributed by atoms with Crippen molar-refractivity contribution in [1.82, 2.24) is 4.98 Å². The van der Waals surface area contributed by atoms with Crippen molar-refractivity contribution in [2.24, 2.45) is 0 Å². The monoisotopic (exact) mass is 257 g/mol. The smallest absolute Gasteiger partial charge is 0.193 e. The largest absolute Gasteiger partial charge is 0.406 e. The fraction of sp³-hybridized carbons (Fsp3) is 0.750. The first-order valence-corrected chi connectivity index (χ1v) is 9.55. The van der Waals surface area contributed by atoms with E-state index in [1.165, 1.54) is 18.1 Å². The highest BCUT2D eigenvalue weighted by atomic mass is 32.1. The van der Waals surface area contributed by atoms with Crippen LogP contribution >= 0.6 is 11.3 Å². The molecule has 0 radical (unpaired) electrons. The van der Waals surface area contributed by atoms with E-state index in [2.05, 4.69) is 45.0 Å². The maximum absolute atomic E-state index is 6.50. The minimum Gasteiger partial charge on any atom is -0.406 e. The van der Waals surface area contributed by atoms with Gasteiger partial charge in [-0.1, -0.05) is 20.8 Å². The molecule has 0 unspecified atom stereocenters. The zero-order valence-corrected chi connectivity index (χ0v) is 12.9. The van der Waals surface area contributed by atoms with Gasteiger partial charge in [0.15, 0.2) is 8.32 Å². The summed E-state index contributed by atoms with van der Waals surface area (Å²) in [5.74, 6) is 0. The molecule has 0 amide bonds. The first-order valence-electron chi connectivity index (χ1n) is 6.08. The van der Waals surface area contributed by atoms with Gasteiger partial charge in [0.2, 0.25) is 0 Å². The summed E-state index contributed by atoms with van der Waals surface area (Å²) in [5.41, 5.74) is 2.73. The van der Waals surface area contributed by atoms with Crippen LogP contribution in [0.4, 0.5) is 0 Å². The average Bonchev–Trinajstić information content (AvgIpc) is 2.80. The van der Waals surface area contributed by atoms with Crippen molar-refractivity contribution in [2.75, 3.05) is 0 Å². The highest BCUT2D eigenvalue weighted by Gasteiger charge is 2.37. The molecule has 0 aliphatic carbocycles. The Labute approximate surface area is 104 Å². The quantitative estimate of drug-likeness (QED) is 0.705. The van der Waals surface area contributed by atoms with Crippen LogP contribution in [0.25, 0.3) is 0 Å². The molecule has 0 atom stereocenters. The lowest BCUT2D eigenvalue weighted by molar-refractivity contribution is 0.0900. The summed E-state index contributed by atoms with van der Waals surface area (Å²) in [7, 11) is -1.54. The van der Waals surface area contributed by atoms with Gasteiger partial charge in [0.05, 0.1) is 16.8 Å². The van der Waals surface area contributed by atoms with Crippen molar-refractivity contribution in [3.05, 3.63) is 16.6 Å². The lowest BCUT2D eigenvalue weighted by Crippen LogP contribution is -2.43. The Balaban J connectivity index is 2.86. The number of hydrogen-bond acceptors (Lipinski definition) is 3. The molecule has 1 rings (SSSR count). The Morgan fingerprint density at radius 2 is 1.81 bits per heavy atom. The Bertz CT molecular complexity index is 299. The van der Waals surface area contributed by atoms with Crippen molar-refractivity contribution in [3.63, 3.8) is 0 Å². The Morgan fingerprint density at radius 3 is 2.19 bits per heavy atom. The SMILES string of the molecule is CC[Si](CC)(CC)OC(C)(C)c1cscn1. The first kappa shape index (κ1) is 13.9. The molecule has 0 N–H and O–H groups in total. The minimum atomic E-state index is -1.54. The van der Waals surface area contributed by atoms with Gasteiger partial charge in [0.25, 0.3) is 0 Å². The number of thiazole rings is 1. The number of aromatic nitrogens is 1. The van der Waals surface area contributed by atoms with Gasteiger partial charge < -0.3 is 4.43 Å². The van der Waals surface area contributed by atoms with Crippen molar-refractivity contribution in [3.8, 4) is 0 Å². The molecular weight excluding hydrogens is 234 g/mol. The highest BCUT2D eigenvalue weighted by molar-refractivity contribution is 7.07. The fourth-order valence-electron chi connectivity index (χ4n) is 2.07. The van der Waals surface area contributed by atoms with Gasteiger partial charge in [0.1, 0.15) is 0 Å². The van der Waals surface area contributed by atoms with Crippen LogP contribution < -0.4 is 0 Å². The van der Waals surface area contributed by atoms with Crippen molar-refractivity contribution >= 4 is 19.7 Å². The Hall–Kier alpha value is -0.193. The predicted molar refractivity (Wildman–Crippen MR) is 73.4 cm³/mol. The molecule has 1 aromatic heterocycles. The summed E-state index contributed by atoms with van der Waals surface area (Å²) in [6, 6.07) is 3.56. The van der Waals surface area contributed by atoms with Gasteiger partial charge in [-0.3, -0.25) is 0 Å². The number of rotatable bonds is 6. The van der Waals surface area contributed by atoms with E-state index < -0.39 is 8.32 Å². The van der Waals surface area contributed by atoms with Crippen LogP contribution in [0.3, 0.4) is 0 Å². The van der Waals surface area contributed by atoms with Crippen molar-refractivity contribution in [2.45, 2.75) is 58.4 Å². The Kier molecular flexibility index (Phi) is 4.70. The van der Waals surface area contributed by atoms with E-state index in [9.17, 15) is 0 Å². The average molecular weight is 257 g/mol. The summed E-state index contributed by atoms with van der Waals surface area (Å²) in [6.45, 7) is 11.1. The van der Waals surface area contributed by atoms with Gasteiger partial charge in [-0.15, -0.1) is 11.3 Å². The van der Waals surface area contributed by atoms with E-state index in [0.717, 1.165) is 5.69 Å². The fourth-order valence-corrected chi connectivity index (χ4v) is 5.90. The predicted octanol–water partition coefficient (Wildman–Crippen LogP) is 4.40. The van der Waals surface area contributed by atoms with Crippen molar-refractivity contribution in [1.29, 1.82) is 0 Å². The topological polar surface area (TPSA) is 22.1 Å². The van der Waals surface area contributed by atoms with E-state index in [0.29, 0.717) is 0 Å². The Morgan fingerprint density at radius 1 is 1.25 bits per heavy atom. The molecule has 0 aliphatic rings. The van der Waals surface area contributed by atoms with Crippen LogP contribution in [0.15, 0.2) is 10.9 Å². The molecule has 2 nitrogen and oxygen atoms in total. The minimum absolute atomic E-state index is 0.228. The van der Waals surface area contributed by atoms with E-state index in [1.807, 2.05) is 5.51 Å². The van der Waals surface area contributed by atoms with Gasteiger partial charge in [-0.25, -0.2) is 4.98 Å². The lowest BCUT2D eigenvalue weighted by Gasteiger charge is -2.37. The van der Waals surface area contributed by atoms with Gasteiger partial charge in [0, 0.05) is 5.38 Å². The molecule has 16 heavy (non-hydrogen) atoms. The summed E-state index contributed by atoms with van der Waals surface area (Å²) in [4.78, 5) is 4.39. The van der Waals surface area contributed by atoms with Crippen LogP contribution in [-0.4, -0.2) is 13.3 Å². The second kappa shape index (κ2) is 5.43. The molecule has 1 aromatic rings. The summed E-state index contributed by atoms with van der Waals surface area (Å²) in [6.07, 6.45) is 0. The van der Waals surface area contributed by atoms with Crippen molar-refractivity contribution < 1.29 is 4.43 Å². The molecule has 0 bridgehead atoms. The molecular formula is C12H23NOSSi. The number of hydrogen-bond donors (Lipinski definition) is 0. The van der Waals surface area contributed by atoms with Crippen LogP contribution in [0.5, 0.6) is 0 Å². The normalized spacial score (nSPS) is 13.1. The molecule has 0 aromatic carbocycles. The highest BCUT2D eigenvalue weighted by Crippen LogP contribution is 2.33. The molecule has 0 spiro atoms. The summed E-state index contributed by atoms with van der Waals surface area (Å²) >= 11 is 1.64. The van der Waals surface area contributed by atoms with Gasteiger partial charge >= 0.3 is 0 Å². The second-order valence-corrected chi connectivity index (χ2v) is 10.1. The molecule has 0 saturated carbocycles. The zero-order chi connectivity index (χ0) is 12.2. The third-order valence-corrected chi connectivity index (χ3v) is 8.85. The maximum Gasteiger partial charge on any atom is 0.193 e. The molecule has 1 heterocycles. The third kappa shape index (κ3) is 2.93. The first-order chi connectivity index (χ1) is 7.49. The lowest BCUT2D eigenvalue weighted by atomic mass is 10.1. The van der Waals surface area contributed by atoms with E-state index in [4.69, 9.17) is 4.43 Å². The van der Waals surface area contributed by atoms with Crippen LogP contribution in [0, 0.1) is 0 Å². The maximum atomic E-state index is 6.50. The van der Waals surface area contributed by atoms with Gasteiger partial charge in [-0.2, -0.15) is 0 Å². The third-order valence-electron chi connectivity index (χ3n) is 3.45. The molecule has 0 saturated heterocycles. The standard InChI is InChI=1S/C12H23NOSSi/c1-6-16(7-2,8-3)14-12(4,5)11-9-15-10-13-11/h9-10H,6-8H2,1-5H3. The molecule has 0 aliphatic heterocycles. The second-order valence-electron chi connectivity index (χ2n) is 4.73. The van der Waals surface area contributed by atoms with Crippen LogP contribution in [0.1, 0.15) is 40.3 Å².